The Hall–Kier alpha value is -0.930. The molecule has 2 aromatic rings. The van der Waals surface area contributed by atoms with Crippen molar-refractivity contribution in [1.29, 1.82) is 0 Å². The molecule has 106 valence electrons. The molecule has 0 radical (unpaired) electrons. The van der Waals surface area contributed by atoms with E-state index in [4.69, 9.17) is 45.3 Å². The van der Waals surface area contributed by atoms with Gasteiger partial charge in [0, 0.05) is 11.6 Å². The van der Waals surface area contributed by atoms with Crippen molar-refractivity contribution < 1.29 is 4.74 Å². The van der Waals surface area contributed by atoms with Gasteiger partial charge in [-0.15, -0.1) is 0 Å². The van der Waals surface area contributed by atoms with E-state index in [1.54, 1.807) is 18.2 Å². The number of ether oxygens (including phenoxy) is 1. The van der Waals surface area contributed by atoms with Crippen LogP contribution in [0.25, 0.3) is 0 Å². The summed E-state index contributed by atoms with van der Waals surface area (Å²) in [4.78, 5) is 0. The molecule has 1 atom stereocenters. The van der Waals surface area contributed by atoms with Gasteiger partial charge in [0.1, 0.15) is 12.4 Å². The summed E-state index contributed by atoms with van der Waals surface area (Å²) < 4.78 is 5.68. The van der Waals surface area contributed by atoms with Gasteiger partial charge in [-0.3, -0.25) is 0 Å². The Kier molecular flexibility index (Phi) is 5.17. The fourth-order valence-electron chi connectivity index (χ4n) is 1.73. The van der Waals surface area contributed by atoms with Crippen molar-refractivity contribution in [3.8, 4) is 5.75 Å². The highest BCUT2D eigenvalue weighted by Gasteiger charge is 2.08. The van der Waals surface area contributed by atoms with Crippen molar-refractivity contribution in [3.63, 3.8) is 0 Å². The molecule has 0 unspecified atom stereocenters. The van der Waals surface area contributed by atoms with Crippen LogP contribution in [0.5, 0.6) is 5.75 Å². The van der Waals surface area contributed by atoms with Crippen molar-refractivity contribution in [2.75, 3.05) is 0 Å². The second-order valence-corrected chi connectivity index (χ2v) is 5.67. The molecule has 0 saturated carbocycles. The van der Waals surface area contributed by atoms with Crippen LogP contribution in [0, 0.1) is 0 Å². The summed E-state index contributed by atoms with van der Waals surface area (Å²) in [6.45, 7) is 2.20. The second kappa shape index (κ2) is 6.68. The Morgan fingerprint density at radius 2 is 1.85 bits per heavy atom. The van der Waals surface area contributed by atoms with Gasteiger partial charge in [0.15, 0.2) is 0 Å². The Balaban J connectivity index is 2.13. The molecule has 0 bridgehead atoms. The molecule has 2 rings (SSSR count). The average molecular weight is 331 g/mol. The molecular weight excluding hydrogens is 317 g/mol. The smallest absolute Gasteiger partial charge is 0.138 e. The van der Waals surface area contributed by atoms with E-state index < -0.39 is 0 Å². The Bertz CT molecular complexity index is 614. The van der Waals surface area contributed by atoms with Crippen LogP contribution < -0.4 is 10.5 Å². The van der Waals surface area contributed by atoms with Crippen molar-refractivity contribution in [2.45, 2.75) is 19.6 Å². The molecule has 0 spiro atoms. The lowest BCUT2D eigenvalue weighted by Crippen LogP contribution is -2.05. The molecule has 0 aliphatic heterocycles. The Labute approximate surface area is 133 Å². The van der Waals surface area contributed by atoms with E-state index in [0.717, 1.165) is 11.1 Å². The van der Waals surface area contributed by atoms with Crippen molar-refractivity contribution in [3.05, 3.63) is 62.6 Å². The SMILES string of the molecule is C[C@H](N)c1ccc(OCc2cccc(Cl)c2Cl)c(Cl)c1. The van der Waals surface area contributed by atoms with E-state index in [1.807, 2.05) is 25.1 Å². The number of benzene rings is 2. The summed E-state index contributed by atoms with van der Waals surface area (Å²) in [5.74, 6) is 0.590. The quantitative estimate of drug-likeness (QED) is 0.831. The molecule has 0 aliphatic rings. The molecule has 2 N–H and O–H groups in total. The second-order valence-electron chi connectivity index (χ2n) is 4.48. The van der Waals surface area contributed by atoms with Gasteiger partial charge in [-0.2, -0.15) is 0 Å². The summed E-state index contributed by atoms with van der Waals surface area (Å²) in [5.41, 5.74) is 7.58. The summed E-state index contributed by atoms with van der Waals surface area (Å²) in [6.07, 6.45) is 0. The van der Waals surface area contributed by atoms with Gasteiger partial charge in [0.2, 0.25) is 0 Å². The maximum atomic E-state index is 6.17. The maximum Gasteiger partial charge on any atom is 0.138 e. The molecular formula is C15H14Cl3NO. The maximum absolute atomic E-state index is 6.17. The zero-order valence-electron chi connectivity index (χ0n) is 10.9. The largest absolute Gasteiger partial charge is 0.487 e. The molecule has 2 aromatic carbocycles. The molecule has 0 heterocycles. The van der Waals surface area contributed by atoms with Crippen molar-refractivity contribution in [1.82, 2.24) is 0 Å². The van der Waals surface area contributed by atoms with Gasteiger partial charge >= 0.3 is 0 Å². The van der Waals surface area contributed by atoms with E-state index in [9.17, 15) is 0 Å². The van der Waals surface area contributed by atoms with Gasteiger partial charge in [0.25, 0.3) is 0 Å². The lowest BCUT2D eigenvalue weighted by Gasteiger charge is -2.12. The van der Waals surface area contributed by atoms with E-state index in [-0.39, 0.29) is 6.04 Å². The minimum absolute atomic E-state index is 0.0658. The summed E-state index contributed by atoms with van der Waals surface area (Å²) in [6, 6.07) is 10.9. The van der Waals surface area contributed by atoms with Crippen LogP contribution in [0.2, 0.25) is 15.1 Å². The highest BCUT2D eigenvalue weighted by Crippen LogP contribution is 2.30. The highest BCUT2D eigenvalue weighted by atomic mass is 35.5. The molecule has 0 fully saturated rings. The highest BCUT2D eigenvalue weighted by molar-refractivity contribution is 6.42. The van der Waals surface area contributed by atoms with Gasteiger partial charge in [0.05, 0.1) is 15.1 Å². The predicted octanol–water partition coefficient (Wildman–Crippen LogP) is 5.25. The average Bonchev–Trinajstić information content (AvgIpc) is 2.41. The van der Waals surface area contributed by atoms with Crippen LogP contribution >= 0.6 is 34.8 Å². The van der Waals surface area contributed by atoms with Crippen molar-refractivity contribution in [2.24, 2.45) is 5.73 Å². The number of halogens is 3. The summed E-state index contributed by atoms with van der Waals surface area (Å²) in [7, 11) is 0. The first-order valence-corrected chi connectivity index (χ1v) is 7.23. The third-order valence-electron chi connectivity index (χ3n) is 2.90. The first-order valence-electron chi connectivity index (χ1n) is 6.09. The molecule has 5 heteroatoms. The zero-order valence-corrected chi connectivity index (χ0v) is 13.1. The van der Waals surface area contributed by atoms with Crippen LogP contribution in [0.3, 0.4) is 0 Å². The number of rotatable bonds is 4. The van der Waals surface area contributed by atoms with E-state index in [0.29, 0.717) is 27.4 Å². The third-order valence-corrected chi connectivity index (χ3v) is 4.05. The topological polar surface area (TPSA) is 35.2 Å². The molecule has 0 saturated heterocycles. The van der Waals surface area contributed by atoms with E-state index >= 15 is 0 Å². The number of nitrogens with two attached hydrogens (primary N) is 1. The fourth-order valence-corrected chi connectivity index (χ4v) is 2.35. The first-order chi connectivity index (χ1) is 9.49. The summed E-state index contributed by atoms with van der Waals surface area (Å²) >= 11 is 18.2. The van der Waals surface area contributed by atoms with Gasteiger partial charge in [-0.25, -0.2) is 0 Å². The number of hydrogen-bond donors (Lipinski definition) is 1. The Morgan fingerprint density at radius 1 is 1.10 bits per heavy atom. The molecule has 2 nitrogen and oxygen atoms in total. The predicted molar refractivity (Wildman–Crippen MR) is 84.8 cm³/mol. The van der Waals surface area contributed by atoms with Crippen LogP contribution in [0.15, 0.2) is 36.4 Å². The Morgan fingerprint density at radius 3 is 2.50 bits per heavy atom. The standard InChI is InChI=1S/C15H14Cl3NO/c1-9(19)10-5-6-14(13(17)7-10)20-8-11-3-2-4-12(16)15(11)18/h2-7,9H,8,19H2,1H3/t9-/m0/s1. The third kappa shape index (κ3) is 3.58. The molecule has 0 aromatic heterocycles. The minimum Gasteiger partial charge on any atom is -0.487 e. The normalized spacial score (nSPS) is 12.2. The van der Waals surface area contributed by atoms with Crippen molar-refractivity contribution >= 4 is 34.8 Å². The van der Waals surface area contributed by atoms with Crippen LogP contribution in [0.4, 0.5) is 0 Å². The van der Waals surface area contributed by atoms with Crippen LogP contribution in [0.1, 0.15) is 24.1 Å². The van der Waals surface area contributed by atoms with Crippen LogP contribution in [-0.4, -0.2) is 0 Å². The molecule has 20 heavy (non-hydrogen) atoms. The minimum atomic E-state index is -0.0658. The van der Waals surface area contributed by atoms with E-state index in [1.165, 1.54) is 0 Å². The molecule has 0 amide bonds. The fraction of sp³-hybridized carbons (Fsp3) is 0.200. The zero-order chi connectivity index (χ0) is 14.7. The lowest BCUT2D eigenvalue weighted by atomic mass is 10.1. The lowest BCUT2D eigenvalue weighted by molar-refractivity contribution is 0.306. The van der Waals surface area contributed by atoms with E-state index in [2.05, 4.69) is 0 Å². The molecule has 0 aliphatic carbocycles. The van der Waals surface area contributed by atoms with Gasteiger partial charge in [-0.05, 0) is 30.7 Å². The van der Waals surface area contributed by atoms with Gasteiger partial charge < -0.3 is 10.5 Å². The first kappa shape index (κ1) is 15.5. The van der Waals surface area contributed by atoms with Crippen LogP contribution in [-0.2, 0) is 6.61 Å². The summed E-state index contributed by atoms with van der Waals surface area (Å²) in [5, 5.41) is 1.53. The monoisotopic (exact) mass is 329 g/mol. The van der Waals surface area contributed by atoms with Gasteiger partial charge in [-0.1, -0.05) is 53.0 Å². The number of hydrogen-bond acceptors (Lipinski definition) is 2.